The first kappa shape index (κ1) is 42.4. The van der Waals surface area contributed by atoms with Gasteiger partial charge < -0.3 is 0 Å². The van der Waals surface area contributed by atoms with E-state index in [4.69, 9.17) is 0 Å². The van der Waals surface area contributed by atoms with E-state index < -0.39 is 0 Å². The molecular formula is C45H72. The van der Waals surface area contributed by atoms with E-state index in [-0.39, 0.29) is 0 Å². The number of benzene rings is 3. The molecule has 0 bridgehead atoms. The molecule has 0 atom stereocenters. The van der Waals surface area contributed by atoms with Gasteiger partial charge in [-0.05, 0) is 115 Å². The maximum absolute atomic E-state index is 3.36. The summed E-state index contributed by atoms with van der Waals surface area (Å²) in [7, 11) is 0. The molecule has 252 valence electrons. The second kappa shape index (κ2) is 19.8. The van der Waals surface area contributed by atoms with Crippen LogP contribution >= 0.6 is 0 Å². The van der Waals surface area contributed by atoms with Gasteiger partial charge in [-0.25, -0.2) is 0 Å². The summed E-state index contributed by atoms with van der Waals surface area (Å²) in [5, 5.41) is 0. The van der Waals surface area contributed by atoms with Crippen molar-refractivity contribution < 1.29 is 0 Å². The number of rotatable bonds is 6. The number of aryl methyl sites for hydroxylation is 3. The fourth-order valence-corrected chi connectivity index (χ4v) is 5.17. The third-order valence-corrected chi connectivity index (χ3v) is 9.02. The molecule has 0 aliphatic heterocycles. The van der Waals surface area contributed by atoms with Gasteiger partial charge in [-0.15, -0.1) is 6.58 Å². The van der Waals surface area contributed by atoms with Crippen LogP contribution in [0, 0.1) is 48.9 Å². The highest BCUT2D eigenvalue weighted by Gasteiger charge is 2.51. The monoisotopic (exact) mass is 613 g/mol. The first-order valence-corrected chi connectivity index (χ1v) is 17.7. The van der Waals surface area contributed by atoms with Crippen LogP contribution in [0.25, 0.3) is 11.1 Å². The lowest BCUT2D eigenvalue weighted by Gasteiger charge is -2.32. The van der Waals surface area contributed by atoms with Gasteiger partial charge in [-0.3, -0.25) is 0 Å². The van der Waals surface area contributed by atoms with Gasteiger partial charge in [0.15, 0.2) is 0 Å². The van der Waals surface area contributed by atoms with Gasteiger partial charge in [-0.1, -0.05) is 161 Å². The number of hydrogen-bond acceptors (Lipinski definition) is 0. The Hall–Kier alpha value is -2.60. The zero-order valence-corrected chi connectivity index (χ0v) is 32.6. The van der Waals surface area contributed by atoms with Crippen LogP contribution in [0.1, 0.15) is 131 Å². The predicted molar refractivity (Wildman–Crippen MR) is 207 cm³/mol. The molecule has 1 fully saturated rings. The van der Waals surface area contributed by atoms with Gasteiger partial charge in [-0.2, -0.15) is 0 Å². The van der Waals surface area contributed by atoms with E-state index in [0.29, 0.717) is 22.2 Å². The molecule has 4 rings (SSSR count). The lowest BCUT2D eigenvalue weighted by Crippen LogP contribution is -2.24. The van der Waals surface area contributed by atoms with Crippen molar-refractivity contribution in [2.75, 3.05) is 0 Å². The van der Waals surface area contributed by atoms with Gasteiger partial charge in [0.05, 0.1) is 0 Å². The van der Waals surface area contributed by atoms with Crippen molar-refractivity contribution in [3.8, 4) is 11.1 Å². The molecule has 1 aliphatic rings. The summed E-state index contributed by atoms with van der Waals surface area (Å²) in [5.41, 5.74) is 11.1. The van der Waals surface area contributed by atoms with Gasteiger partial charge in [0.1, 0.15) is 0 Å². The molecule has 0 radical (unpaired) electrons. The molecule has 1 aliphatic carbocycles. The molecule has 0 heteroatoms. The fraction of sp³-hybridized carbons (Fsp3) is 0.556. The Morgan fingerprint density at radius 2 is 1.20 bits per heavy atom. The Balaban J connectivity index is 0.000000716. The minimum Gasteiger partial charge on any atom is -0.103 e. The summed E-state index contributed by atoms with van der Waals surface area (Å²) < 4.78 is 0. The second-order valence-electron chi connectivity index (χ2n) is 15.7. The maximum Gasteiger partial charge on any atom is -0.0181 e. The third-order valence-electron chi connectivity index (χ3n) is 9.02. The average molecular weight is 613 g/mol. The maximum atomic E-state index is 3.36. The summed E-state index contributed by atoms with van der Waals surface area (Å²) in [4.78, 5) is 0. The molecule has 0 aromatic heterocycles. The molecule has 0 heterocycles. The molecule has 0 N–H and O–H groups in total. The summed E-state index contributed by atoms with van der Waals surface area (Å²) in [6, 6.07) is 24.4. The Kier molecular flexibility index (Phi) is 18.7. The minimum atomic E-state index is 0.367. The van der Waals surface area contributed by atoms with Crippen molar-refractivity contribution in [3.63, 3.8) is 0 Å². The first-order valence-electron chi connectivity index (χ1n) is 17.7. The van der Waals surface area contributed by atoms with E-state index in [2.05, 4.69) is 157 Å². The molecular weight excluding hydrogens is 540 g/mol. The van der Waals surface area contributed by atoms with Crippen molar-refractivity contribution in [1.29, 1.82) is 0 Å². The molecule has 45 heavy (non-hydrogen) atoms. The van der Waals surface area contributed by atoms with Crippen LogP contribution in [0.15, 0.2) is 79.4 Å². The molecule has 3 aromatic carbocycles. The highest BCUT2D eigenvalue weighted by Crippen LogP contribution is 2.60. The highest BCUT2D eigenvalue weighted by molar-refractivity contribution is 5.64. The van der Waals surface area contributed by atoms with Crippen LogP contribution in [-0.2, 0) is 12.8 Å². The summed E-state index contributed by atoms with van der Waals surface area (Å²) in [6.07, 6.45) is 6.99. The Morgan fingerprint density at radius 3 is 1.62 bits per heavy atom. The van der Waals surface area contributed by atoms with Crippen LogP contribution in [0.2, 0.25) is 0 Å². The van der Waals surface area contributed by atoms with Crippen molar-refractivity contribution in [3.05, 3.63) is 107 Å². The Bertz CT molecular complexity index is 1220. The Labute approximate surface area is 282 Å². The quantitative estimate of drug-likeness (QED) is 0.243. The average Bonchev–Trinajstić information content (AvgIpc) is 3.73. The topological polar surface area (TPSA) is 0 Å². The van der Waals surface area contributed by atoms with E-state index in [1.54, 1.807) is 11.6 Å². The van der Waals surface area contributed by atoms with Crippen LogP contribution in [0.4, 0.5) is 0 Å². The Morgan fingerprint density at radius 1 is 0.711 bits per heavy atom. The molecule has 0 unspecified atom stereocenters. The van der Waals surface area contributed by atoms with E-state index >= 15 is 0 Å². The summed E-state index contributed by atoms with van der Waals surface area (Å²) in [5.74, 6) is 1.54. The summed E-state index contributed by atoms with van der Waals surface area (Å²) in [6.45, 7) is 39.0. The normalized spacial score (nSPS) is 13.1. The van der Waals surface area contributed by atoms with Gasteiger partial charge in [0.25, 0.3) is 0 Å². The van der Waals surface area contributed by atoms with E-state index in [9.17, 15) is 0 Å². The van der Waals surface area contributed by atoms with Gasteiger partial charge >= 0.3 is 0 Å². The molecule has 1 saturated carbocycles. The van der Waals surface area contributed by atoms with Crippen LogP contribution in [0.5, 0.6) is 0 Å². The van der Waals surface area contributed by atoms with Crippen LogP contribution in [-0.4, -0.2) is 0 Å². The molecule has 0 spiro atoms. The number of allylic oxidation sites excluding steroid dienone is 1. The van der Waals surface area contributed by atoms with Crippen molar-refractivity contribution >= 4 is 0 Å². The predicted octanol–water partition coefficient (Wildman–Crippen LogP) is 14.4. The standard InChI is InChI=1S/C22H36.C14H14.C4H10.C3H6.C2H6/c1-16(2)21(7,8)14-18-11-17(3)12-19(13-18)15-22(9-10-22)20(4,5)6;1-11-8-9-14(10-12(11)2)13-6-4-3-5-7-13;1-4(2)3;1-3-2;1-2/h11-13,16H,9-10,14-15H2,1-8H3;3-10H,1-2H3;4H,1-3H3;3H,1H2,2H3;1-2H3. The first-order chi connectivity index (χ1) is 20.9. The fourth-order valence-electron chi connectivity index (χ4n) is 5.17. The SMILES string of the molecule is C=CC.CC.CC(C)C.Cc1cc(CC(C)(C)C(C)C)cc(CC2(C(C)(C)C)CC2)c1.Cc1ccc(-c2ccccc2)cc1C. The van der Waals surface area contributed by atoms with Crippen molar-refractivity contribution in [1.82, 2.24) is 0 Å². The smallest absolute Gasteiger partial charge is 0.0181 e. The van der Waals surface area contributed by atoms with Crippen LogP contribution in [0.3, 0.4) is 0 Å². The van der Waals surface area contributed by atoms with Crippen molar-refractivity contribution in [2.24, 2.45) is 28.1 Å². The van der Waals surface area contributed by atoms with E-state index in [1.165, 1.54) is 59.1 Å². The van der Waals surface area contributed by atoms with Gasteiger partial charge in [0.2, 0.25) is 0 Å². The molecule has 3 aromatic rings. The van der Waals surface area contributed by atoms with Crippen LogP contribution < -0.4 is 0 Å². The lowest BCUT2D eigenvalue weighted by molar-refractivity contribution is 0.212. The highest BCUT2D eigenvalue weighted by atomic mass is 14.6. The van der Waals surface area contributed by atoms with E-state index in [1.807, 2.05) is 26.8 Å². The summed E-state index contributed by atoms with van der Waals surface area (Å²) >= 11 is 0. The van der Waals surface area contributed by atoms with Gasteiger partial charge in [0, 0.05) is 0 Å². The zero-order valence-electron chi connectivity index (χ0n) is 32.6. The minimum absolute atomic E-state index is 0.367. The molecule has 0 saturated heterocycles. The van der Waals surface area contributed by atoms with E-state index in [0.717, 1.165) is 5.92 Å². The lowest BCUT2D eigenvalue weighted by atomic mass is 9.73. The second-order valence-corrected chi connectivity index (χ2v) is 15.7. The molecule has 0 nitrogen and oxygen atoms in total. The molecule has 0 amide bonds. The van der Waals surface area contributed by atoms with Crippen molar-refractivity contribution in [2.45, 2.75) is 136 Å². The number of hydrogen-bond donors (Lipinski definition) is 0. The third kappa shape index (κ3) is 15.5. The zero-order chi connectivity index (χ0) is 35.0. The largest absolute Gasteiger partial charge is 0.103 e.